The maximum absolute atomic E-state index is 5.98. The summed E-state index contributed by atoms with van der Waals surface area (Å²) in [5.41, 5.74) is 6.65. The average molecular weight is 232 g/mol. The monoisotopic (exact) mass is 232 g/mol. The van der Waals surface area contributed by atoms with Gasteiger partial charge in [-0.2, -0.15) is 0 Å². The summed E-state index contributed by atoms with van der Waals surface area (Å²) in [4.78, 5) is 6.07. The van der Waals surface area contributed by atoms with Gasteiger partial charge in [-0.15, -0.1) is 0 Å². The summed E-state index contributed by atoms with van der Waals surface area (Å²) < 4.78 is 5.17. The molecule has 0 unspecified atom stereocenters. The second-order valence-corrected chi connectivity index (χ2v) is 4.27. The SMILES string of the molecule is COc1cccc(Sc2ccncc2)c1N. The number of nitrogens with zero attached hydrogens (tertiary/aromatic N) is 1. The molecule has 1 aromatic heterocycles. The number of benzene rings is 1. The number of rotatable bonds is 3. The van der Waals surface area contributed by atoms with E-state index in [0.29, 0.717) is 11.4 Å². The van der Waals surface area contributed by atoms with Crippen LogP contribution in [0.2, 0.25) is 0 Å². The number of pyridine rings is 1. The van der Waals surface area contributed by atoms with Gasteiger partial charge in [0.05, 0.1) is 12.8 Å². The van der Waals surface area contributed by atoms with Crippen LogP contribution in [0, 0.1) is 0 Å². The van der Waals surface area contributed by atoms with Crippen LogP contribution in [0.4, 0.5) is 5.69 Å². The molecular weight excluding hydrogens is 220 g/mol. The number of hydrogen-bond acceptors (Lipinski definition) is 4. The summed E-state index contributed by atoms with van der Waals surface area (Å²) in [6, 6.07) is 9.65. The number of ether oxygens (including phenoxy) is 1. The highest BCUT2D eigenvalue weighted by molar-refractivity contribution is 7.99. The van der Waals surface area contributed by atoms with E-state index in [0.717, 1.165) is 9.79 Å². The van der Waals surface area contributed by atoms with Gasteiger partial charge in [-0.25, -0.2) is 0 Å². The molecule has 3 nitrogen and oxygen atoms in total. The summed E-state index contributed by atoms with van der Waals surface area (Å²) in [5, 5.41) is 0. The molecule has 0 bridgehead atoms. The third-order valence-corrected chi connectivity index (χ3v) is 3.21. The van der Waals surface area contributed by atoms with Crippen LogP contribution in [0.15, 0.2) is 52.5 Å². The number of nitrogen functional groups attached to an aromatic ring is 1. The van der Waals surface area contributed by atoms with E-state index in [2.05, 4.69) is 4.98 Å². The molecule has 2 aromatic rings. The maximum atomic E-state index is 5.98. The summed E-state index contributed by atoms with van der Waals surface area (Å²) in [6.45, 7) is 0. The van der Waals surface area contributed by atoms with Gasteiger partial charge in [0.15, 0.2) is 0 Å². The normalized spacial score (nSPS) is 10.1. The Labute approximate surface area is 98.6 Å². The maximum Gasteiger partial charge on any atom is 0.142 e. The summed E-state index contributed by atoms with van der Waals surface area (Å²) >= 11 is 1.60. The van der Waals surface area contributed by atoms with Gasteiger partial charge in [-0.3, -0.25) is 4.98 Å². The molecule has 0 saturated heterocycles. The molecule has 2 rings (SSSR count). The molecule has 2 N–H and O–H groups in total. The molecule has 0 radical (unpaired) electrons. The van der Waals surface area contributed by atoms with Crippen molar-refractivity contribution in [1.29, 1.82) is 0 Å². The van der Waals surface area contributed by atoms with Gasteiger partial charge in [0.25, 0.3) is 0 Å². The van der Waals surface area contributed by atoms with Crippen molar-refractivity contribution in [2.45, 2.75) is 9.79 Å². The van der Waals surface area contributed by atoms with E-state index in [1.54, 1.807) is 31.3 Å². The lowest BCUT2D eigenvalue weighted by molar-refractivity contribution is 0.416. The van der Waals surface area contributed by atoms with Crippen molar-refractivity contribution in [3.8, 4) is 5.75 Å². The summed E-state index contributed by atoms with van der Waals surface area (Å²) in [6.07, 6.45) is 3.53. The highest BCUT2D eigenvalue weighted by Gasteiger charge is 2.06. The van der Waals surface area contributed by atoms with E-state index in [4.69, 9.17) is 10.5 Å². The molecule has 1 aromatic carbocycles. The lowest BCUT2D eigenvalue weighted by Gasteiger charge is -2.09. The van der Waals surface area contributed by atoms with Crippen LogP contribution in [-0.2, 0) is 0 Å². The lowest BCUT2D eigenvalue weighted by atomic mass is 10.3. The van der Waals surface area contributed by atoms with Crippen molar-refractivity contribution in [1.82, 2.24) is 4.98 Å². The van der Waals surface area contributed by atoms with Gasteiger partial charge >= 0.3 is 0 Å². The quantitative estimate of drug-likeness (QED) is 0.827. The molecule has 0 aliphatic carbocycles. The molecule has 0 aliphatic rings. The Bertz CT molecular complexity index is 474. The van der Waals surface area contributed by atoms with E-state index in [1.165, 1.54) is 0 Å². The van der Waals surface area contributed by atoms with Crippen LogP contribution >= 0.6 is 11.8 Å². The van der Waals surface area contributed by atoms with Crippen LogP contribution in [0.1, 0.15) is 0 Å². The standard InChI is InChI=1S/C12H12N2OS/c1-15-10-3-2-4-11(12(10)13)16-9-5-7-14-8-6-9/h2-8H,13H2,1H3. The molecule has 0 saturated carbocycles. The fourth-order valence-electron chi connectivity index (χ4n) is 1.32. The minimum absolute atomic E-state index is 0.673. The zero-order valence-corrected chi connectivity index (χ0v) is 9.70. The number of methoxy groups -OCH3 is 1. The molecule has 0 atom stereocenters. The van der Waals surface area contributed by atoms with Gasteiger partial charge in [0.1, 0.15) is 5.75 Å². The molecule has 4 heteroatoms. The van der Waals surface area contributed by atoms with Crippen LogP contribution in [-0.4, -0.2) is 12.1 Å². The number of anilines is 1. The zero-order chi connectivity index (χ0) is 11.4. The summed E-state index contributed by atoms with van der Waals surface area (Å²) in [7, 11) is 1.62. The van der Waals surface area contributed by atoms with Crippen molar-refractivity contribution in [2.75, 3.05) is 12.8 Å². The Kier molecular flexibility index (Phi) is 3.31. The predicted molar refractivity (Wildman–Crippen MR) is 65.8 cm³/mol. The second-order valence-electron chi connectivity index (χ2n) is 3.16. The van der Waals surface area contributed by atoms with E-state index in [-0.39, 0.29) is 0 Å². The van der Waals surface area contributed by atoms with E-state index in [9.17, 15) is 0 Å². The largest absolute Gasteiger partial charge is 0.495 e. The third kappa shape index (κ3) is 2.28. The van der Waals surface area contributed by atoms with Crippen molar-refractivity contribution in [2.24, 2.45) is 0 Å². The number of hydrogen-bond donors (Lipinski definition) is 1. The van der Waals surface area contributed by atoms with Crippen molar-refractivity contribution >= 4 is 17.4 Å². The van der Waals surface area contributed by atoms with Crippen LogP contribution in [0.3, 0.4) is 0 Å². The first-order valence-corrected chi connectivity index (χ1v) is 5.63. The highest BCUT2D eigenvalue weighted by atomic mass is 32.2. The molecule has 0 aliphatic heterocycles. The Morgan fingerprint density at radius 2 is 1.94 bits per heavy atom. The second kappa shape index (κ2) is 4.90. The number of nitrogens with two attached hydrogens (primary N) is 1. The van der Waals surface area contributed by atoms with E-state index < -0.39 is 0 Å². The fourth-order valence-corrected chi connectivity index (χ4v) is 2.19. The van der Waals surface area contributed by atoms with Crippen molar-refractivity contribution in [3.63, 3.8) is 0 Å². The third-order valence-electron chi connectivity index (χ3n) is 2.12. The molecule has 1 heterocycles. The first-order chi connectivity index (χ1) is 7.81. The van der Waals surface area contributed by atoms with Crippen molar-refractivity contribution in [3.05, 3.63) is 42.7 Å². The number of para-hydroxylation sites is 1. The topological polar surface area (TPSA) is 48.1 Å². The molecule has 82 valence electrons. The number of aromatic nitrogens is 1. The Hall–Kier alpha value is -1.68. The van der Waals surface area contributed by atoms with E-state index in [1.807, 2.05) is 30.3 Å². The van der Waals surface area contributed by atoms with Crippen LogP contribution in [0.5, 0.6) is 5.75 Å². The highest BCUT2D eigenvalue weighted by Crippen LogP contribution is 2.36. The molecule has 16 heavy (non-hydrogen) atoms. The molecule has 0 amide bonds. The summed E-state index contributed by atoms with van der Waals surface area (Å²) in [5.74, 6) is 0.707. The Morgan fingerprint density at radius 1 is 1.19 bits per heavy atom. The predicted octanol–water partition coefficient (Wildman–Crippen LogP) is 2.82. The zero-order valence-electron chi connectivity index (χ0n) is 8.88. The van der Waals surface area contributed by atoms with Crippen LogP contribution < -0.4 is 10.5 Å². The smallest absolute Gasteiger partial charge is 0.142 e. The van der Waals surface area contributed by atoms with E-state index >= 15 is 0 Å². The lowest BCUT2D eigenvalue weighted by Crippen LogP contribution is -1.93. The minimum atomic E-state index is 0.673. The molecule has 0 spiro atoms. The Balaban J connectivity index is 2.28. The van der Waals surface area contributed by atoms with Gasteiger partial charge in [-0.1, -0.05) is 17.8 Å². The Morgan fingerprint density at radius 3 is 2.62 bits per heavy atom. The van der Waals surface area contributed by atoms with Gasteiger partial charge in [-0.05, 0) is 24.3 Å². The van der Waals surface area contributed by atoms with Gasteiger partial charge in [0.2, 0.25) is 0 Å². The van der Waals surface area contributed by atoms with Crippen molar-refractivity contribution < 1.29 is 4.74 Å². The van der Waals surface area contributed by atoms with Gasteiger partial charge < -0.3 is 10.5 Å². The fraction of sp³-hybridized carbons (Fsp3) is 0.0833. The first kappa shape index (κ1) is 10.8. The van der Waals surface area contributed by atoms with Gasteiger partial charge in [0, 0.05) is 22.2 Å². The molecular formula is C12H12N2OS. The average Bonchev–Trinajstić information content (AvgIpc) is 2.33. The first-order valence-electron chi connectivity index (χ1n) is 4.81. The molecule has 0 fully saturated rings. The van der Waals surface area contributed by atoms with Crippen LogP contribution in [0.25, 0.3) is 0 Å². The minimum Gasteiger partial charge on any atom is -0.495 e.